The van der Waals surface area contributed by atoms with Gasteiger partial charge in [-0.2, -0.15) is 5.10 Å². The molecule has 0 aliphatic heterocycles. The lowest BCUT2D eigenvalue weighted by molar-refractivity contribution is -0.385. The highest BCUT2D eigenvalue weighted by molar-refractivity contribution is 7.14. The molecule has 1 aliphatic carbocycles. The number of carbonyl (C=O) groups excluding carboxylic acids is 1. The number of benzene rings is 1. The van der Waals surface area contributed by atoms with Crippen LogP contribution in [0.2, 0.25) is 0 Å². The normalized spacial score (nSPS) is 16.7. The van der Waals surface area contributed by atoms with Crippen molar-refractivity contribution in [2.45, 2.75) is 46.5 Å². The molecule has 7 heteroatoms. The number of amides is 1. The SMILES string of the molecule is CC[C@@H]1CCc2sc(C(=O)N/N=C(/C)c3ccc(C)c([N+](=O)[O-])c3)cc2C1. The summed E-state index contributed by atoms with van der Waals surface area (Å²) in [6, 6.07) is 6.92. The molecule has 142 valence electrons. The topological polar surface area (TPSA) is 84.6 Å². The first-order chi connectivity index (χ1) is 12.9. The third-order valence-electron chi connectivity index (χ3n) is 5.13. The first-order valence-corrected chi connectivity index (χ1v) is 9.92. The van der Waals surface area contributed by atoms with Gasteiger partial charge in [-0.3, -0.25) is 14.9 Å². The van der Waals surface area contributed by atoms with E-state index in [-0.39, 0.29) is 11.6 Å². The van der Waals surface area contributed by atoms with Crippen molar-refractivity contribution >= 4 is 28.6 Å². The number of rotatable bonds is 5. The van der Waals surface area contributed by atoms with Gasteiger partial charge in [0.05, 0.1) is 15.5 Å². The Balaban J connectivity index is 1.72. The monoisotopic (exact) mass is 385 g/mol. The zero-order chi connectivity index (χ0) is 19.6. The van der Waals surface area contributed by atoms with Gasteiger partial charge in [0.1, 0.15) is 0 Å². The molecule has 0 unspecified atom stereocenters. The summed E-state index contributed by atoms with van der Waals surface area (Å²) in [4.78, 5) is 25.1. The van der Waals surface area contributed by atoms with Crippen molar-refractivity contribution in [1.82, 2.24) is 5.43 Å². The van der Waals surface area contributed by atoms with Crippen LogP contribution in [0, 0.1) is 23.0 Å². The van der Waals surface area contributed by atoms with Crippen molar-refractivity contribution in [1.29, 1.82) is 0 Å². The maximum absolute atomic E-state index is 12.5. The Kier molecular flexibility index (Phi) is 5.70. The van der Waals surface area contributed by atoms with E-state index in [1.54, 1.807) is 37.3 Å². The highest BCUT2D eigenvalue weighted by Gasteiger charge is 2.22. The highest BCUT2D eigenvalue weighted by Crippen LogP contribution is 2.33. The molecule has 0 spiro atoms. The van der Waals surface area contributed by atoms with Crippen molar-refractivity contribution in [3.8, 4) is 0 Å². The summed E-state index contributed by atoms with van der Waals surface area (Å²) in [5.74, 6) is 0.476. The van der Waals surface area contributed by atoms with Crippen LogP contribution in [0.15, 0.2) is 29.4 Å². The predicted molar refractivity (Wildman–Crippen MR) is 108 cm³/mol. The molecule has 0 saturated carbocycles. The summed E-state index contributed by atoms with van der Waals surface area (Å²) in [6.45, 7) is 5.63. The average molecular weight is 385 g/mol. The van der Waals surface area contributed by atoms with E-state index < -0.39 is 4.92 Å². The van der Waals surface area contributed by atoms with Gasteiger partial charge in [-0.15, -0.1) is 11.3 Å². The van der Waals surface area contributed by atoms with Crippen molar-refractivity contribution in [3.63, 3.8) is 0 Å². The van der Waals surface area contributed by atoms with E-state index >= 15 is 0 Å². The predicted octanol–water partition coefficient (Wildman–Crippen LogP) is 4.63. The van der Waals surface area contributed by atoms with Gasteiger partial charge in [0.15, 0.2) is 0 Å². The second-order valence-electron chi connectivity index (χ2n) is 6.97. The van der Waals surface area contributed by atoms with Gasteiger partial charge in [0.2, 0.25) is 0 Å². The summed E-state index contributed by atoms with van der Waals surface area (Å²) in [6.07, 6.45) is 4.45. The fourth-order valence-electron chi connectivity index (χ4n) is 3.34. The fraction of sp³-hybridized carbons (Fsp3) is 0.400. The molecular formula is C20H23N3O3S. The molecule has 1 N–H and O–H groups in total. The summed E-state index contributed by atoms with van der Waals surface area (Å²) in [5.41, 5.74) is 5.65. The number of nitro groups is 1. The minimum Gasteiger partial charge on any atom is -0.266 e. The molecule has 3 rings (SSSR count). The standard InChI is InChI=1S/C20H23N3O3S/c1-4-14-6-8-18-16(9-14)11-19(27-18)20(24)22-21-13(3)15-7-5-12(2)17(10-15)23(25)26/h5,7,10-11,14H,4,6,8-9H2,1-3H3,(H,22,24)/b21-13-/t14-/m1/s1. The van der Waals surface area contributed by atoms with Gasteiger partial charge in [-0.05, 0) is 50.7 Å². The number of aryl methyl sites for hydroxylation is 2. The maximum Gasteiger partial charge on any atom is 0.281 e. The van der Waals surface area contributed by atoms with Crippen molar-refractivity contribution in [3.05, 3.63) is 60.8 Å². The molecule has 0 radical (unpaired) electrons. The van der Waals surface area contributed by atoms with E-state index in [0.717, 1.165) is 12.8 Å². The molecular weight excluding hydrogens is 362 g/mol. The molecule has 1 amide bonds. The highest BCUT2D eigenvalue weighted by atomic mass is 32.1. The second-order valence-corrected chi connectivity index (χ2v) is 8.11. The molecule has 1 aromatic carbocycles. The molecule has 1 aromatic heterocycles. The van der Waals surface area contributed by atoms with E-state index in [1.165, 1.54) is 29.3 Å². The number of hydrogen-bond acceptors (Lipinski definition) is 5. The second kappa shape index (κ2) is 8.00. The minimum atomic E-state index is -0.412. The Bertz CT molecular complexity index is 917. The zero-order valence-corrected chi connectivity index (χ0v) is 16.6. The number of carbonyl (C=O) groups is 1. The molecule has 2 aromatic rings. The largest absolute Gasteiger partial charge is 0.281 e. The Morgan fingerprint density at radius 3 is 2.89 bits per heavy atom. The third kappa shape index (κ3) is 4.24. The van der Waals surface area contributed by atoms with Crippen molar-refractivity contribution in [2.24, 2.45) is 11.0 Å². The Morgan fingerprint density at radius 1 is 1.41 bits per heavy atom. The maximum atomic E-state index is 12.5. The molecule has 0 fully saturated rings. The first-order valence-electron chi connectivity index (χ1n) is 9.10. The number of nitrogens with one attached hydrogen (secondary N) is 1. The van der Waals surface area contributed by atoms with Gasteiger partial charge in [0, 0.05) is 22.1 Å². The molecule has 1 atom stereocenters. The van der Waals surface area contributed by atoms with Crippen LogP contribution in [-0.2, 0) is 12.8 Å². The van der Waals surface area contributed by atoms with Crippen LogP contribution < -0.4 is 5.43 Å². The Hall–Kier alpha value is -2.54. The molecule has 1 aliphatic rings. The molecule has 6 nitrogen and oxygen atoms in total. The van der Waals surface area contributed by atoms with Crippen molar-refractivity contribution < 1.29 is 9.72 Å². The van der Waals surface area contributed by atoms with Crippen LogP contribution in [0.25, 0.3) is 0 Å². The quantitative estimate of drug-likeness (QED) is 0.462. The van der Waals surface area contributed by atoms with Crippen LogP contribution >= 0.6 is 11.3 Å². The number of nitro benzene ring substituents is 1. The van der Waals surface area contributed by atoms with Gasteiger partial charge in [0.25, 0.3) is 11.6 Å². The van der Waals surface area contributed by atoms with E-state index in [2.05, 4.69) is 17.5 Å². The van der Waals surface area contributed by atoms with E-state index in [0.29, 0.717) is 27.6 Å². The van der Waals surface area contributed by atoms with Crippen molar-refractivity contribution in [2.75, 3.05) is 0 Å². The number of fused-ring (bicyclic) bond motifs is 1. The molecule has 27 heavy (non-hydrogen) atoms. The number of thiophene rings is 1. The summed E-state index contributed by atoms with van der Waals surface area (Å²) in [5, 5.41) is 15.2. The lowest BCUT2D eigenvalue weighted by Crippen LogP contribution is -2.18. The number of nitrogens with zero attached hydrogens (tertiary/aromatic N) is 2. The van der Waals surface area contributed by atoms with Crippen LogP contribution in [0.5, 0.6) is 0 Å². The van der Waals surface area contributed by atoms with Gasteiger partial charge in [-0.25, -0.2) is 5.43 Å². The summed E-state index contributed by atoms with van der Waals surface area (Å²) in [7, 11) is 0. The van der Waals surface area contributed by atoms with Crippen LogP contribution in [0.3, 0.4) is 0 Å². The Labute approximate surface area is 162 Å². The molecule has 0 saturated heterocycles. The third-order valence-corrected chi connectivity index (χ3v) is 6.37. The van der Waals surface area contributed by atoms with E-state index in [1.807, 2.05) is 6.07 Å². The van der Waals surface area contributed by atoms with Gasteiger partial charge >= 0.3 is 0 Å². The molecule has 0 bridgehead atoms. The van der Waals surface area contributed by atoms with Crippen LogP contribution in [0.4, 0.5) is 5.69 Å². The van der Waals surface area contributed by atoms with E-state index in [9.17, 15) is 14.9 Å². The summed E-state index contributed by atoms with van der Waals surface area (Å²) < 4.78 is 0. The summed E-state index contributed by atoms with van der Waals surface area (Å²) >= 11 is 1.54. The van der Waals surface area contributed by atoms with Crippen LogP contribution in [-0.4, -0.2) is 16.5 Å². The minimum absolute atomic E-state index is 0.0461. The Morgan fingerprint density at radius 2 is 2.19 bits per heavy atom. The fourth-order valence-corrected chi connectivity index (χ4v) is 4.44. The van der Waals surface area contributed by atoms with Gasteiger partial charge < -0.3 is 0 Å². The average Bonchev–Trinajstić information content (AvgIpc) is 3.09. The number of hydrogen-bond donors (Lipinski definition) is 1. The lowest BCUT2D eigenvalue weighted by Gasteiger charge is -2.19. The smallest absolute Gasteiger partial charge is 0.266 e. The first kappa shape index (κ1) is 19.2. The number of hydrazone groups is 1. The van der Waals surface area contributed by atoms with E-state index in [4.69, 9.17) is 0 Å². The zero-order valence-electron chi connectivity index (χ0n) is 15.7. The van der Waals surface area contributed by atoms with Gasteiger partial charge in [-0.1, -0.05) is 25.5 Å². The molecule has 1 heterocycles. The lowest BCUT2D eigenvalue weighted by atomic mass is 9.87. The van der Waals surface area contributed by atoms with Crippen LogP contribution in [0.1, 0.15) is 57.9 Å².